The molecule has 0 spiro atoms. The summed E-state index contributed by atoms with van der Waals surface area (Å²) in [5.74, 6) is -2.42. The Kier molecular flexibility index (Phi) is 5.60. The molecule has 2 heterocycles. The second-order valence-electron chi connectivity index (χ2n) is 6.20. The van der Waals surface area contributed by atoms with Crippen LogP contribution in [0.3, 0.4) is 0 Å². The number of nitrogens with zero attached hydrogens (tertiary/aromatic N) is 2. The van der Waals surface area contributed by atoms with Crippen LogP contribution in [0.5, 0.6) is 0 Å². The van der Waals surface area contributed by atoms with E-state index >= 15 is 0 Å². The second kappa shape index (κ2) is 7.88. The van der Waals surface area contributed by atoms with Gasteiger partial charge in [0.1, 0.15) is 17.2 Å². The molecule has 1 N–H and O–H groups in total. The van der Waals surface area contributed by atoms with Crippen LogP contribution in [0.25, 0.3) is 0 Å². The standard InChI is InChI=1S/C17H21F2N3O3/c18-13-2-1-3-14(19)16(13)17(24)22-7-5-21(6-8-22)15(23)10-12-11-25-9-4-20-12/h1-3,12,20H,4-11H2. The number of carbonyl (C=O) groups excluding carboxylic acids is 2. The molecule has 0 bridgehead atoms. The van der Waals surface area contributed by atoms with Gasteiger partial charge < -0.3 is 19.9 Å². The van der Waals surface area contributed by atoms with Crippen LogP contribution < -0.4 is 5.32 Å². The number of nitrogens with one attached hydrogen (secondary N) is 1. The van der Waals surface area contributed by atoms with Gasteiger partial charge in [-0.3, -0.25) is 9.59 Å². The van der Waals surface area contributed by atoms with Crippen molar-refractivity contribution in [2.45, 2.75) is 12.5 Å². The monoisotopic (exact) mass is 353 g/mol. The first-order valence-electron chi connectivity index (χ1n) is 8.38. The van der Waals surface area contributed by atoms with Gasteiger partial charge in [0.25, 0.3) is 5.91 Å². The maximum atomic E-state index is 13.8. The molecule has 0 aromatic heterocycles. The van der Waals surface area contributed by atoms with Gasteiger partial charge in [0.2, 0.25) is 5.91 Å². The highest BCUT2D eigenvalue weighted by molar-refractivity contribution is 5.95. The summed E-state index contributed by atoms with van der Waals surface area (Å²) in [4.78, 5) is 27.7. The van der Waals surface area contributed by atoms with E-state index in [2.05, 4.69) is 5.32 Å². The lowest BCUT2D eigenvalue weighted by Crippen LogP contribution is -2.52. The molecule has 8 heteroatoms. The van der Waals surface area contributed by atoms with Crippen LogP contribution >= 0.6 is 0 Å². The molecule has 1 atom stereocenters. The number of carbonyl (C=O) groups is 2. The molecule has 2 amide bonds. The minimum Gasteiger partial charge on any atom is -0.378 e. The summed E-state index contributed by atoms with van der Waals surface area (Å²) in [5, 5.41) is 3.23. The summed E-state index contributed by atoms with van der Waals surface area (Å²) < 4.78 is 32.8. The lowest BCUT2D eigenvalue weighted by molar-refractivity contribution is -0.133. The smallest absolute Gasteiger partial charge is 0.259 e. The lowest BCUT2D eigenvalue weighted by Gasteiger charge is -2.36. The number of piperazine rings is 1. The van der Waals surface area contributed by atoms with Crippen molar-refractivity contribution in [1.82, 2.24) is 15.1 Å². The number of benzene rings is 1. The third kappa shape index (κ3) is 4.13. The molecule has 0 radical (unpaired) electrons. The van der Waals surface area contributed by atoms with Crippen LogP contribution in [0, 0.1) is 11.6 Å². The molecule has 1 aromatic rings. The van der Waals surface area contributed by atoms with Crippen LogP contribution in [-0.4, -0.2) is 73.6 Å². The van der Waals surface area contributed by atoms with Crippen LogP contribution in [0.2, 0.25) is 0 Å². The van der Waals surface area contributed by atoms with E-state index in [0.717, 1.165) is 18.7 Å². The van der Waals surface area contributed by atoms with Gasteiger partial charge in [0, 0.05) is 45.2 Å². The fraction of sp³-hybridized carbons (Fsp3) is 0.529. The van der Waals surface area contributed by atoms with Gasteiger partial charge in [0.05, 0.1) is 13.2 Å². The van der Waals surface area contributed by atoms with E-state index in [1.807, 2.05) is 0 Å². The molecule has 6 nitrogen and oxygen atoms in total. The van der Waals surface area contributed by atoms with E-state index in [4.69, 9.17) is 4.74 Å². The third-order valence-electron chi connectivity index (χ3n) is 4.52. The normalized spacial score (nSPS) is 21.3. The molecule has 2 saturated heterocycles. The first-order valence-corrected chi connectivity index (χ1v) is 8.38. The van der Waals surface area contributed by atoms with E-state index in [-0.39, 0.29) is 25.0 Å². The molecule has 2 aliphatic rings. The highest BCUT2D eigenvalue weighted by Crippen LogP contribution is 2.16. The number of halogens is 2. The van der Waals surface area contributed by atoms with Gasteiger partial charge in [-0.05, 0) is 12.1 Å². The maximum absolute atomic E-state index is 13.8. The van der Waals surface area contributed by atoms with Crippen molar-refractivity contribution in [1.29, 1.82) is 0 Å². The summed E-state index contributed by atoms with van der Waals surface area (Å²) in [7, 11) is 0. The van der Waals surface area contributed by atoms with Crippen LogP contribution in [0.1, 0.15) is 16.8 Å². The first-order chi connectivity index (χ1) is 12.1. The Morgan fingerprint density at radius 3 is 2.36 bits per heavy atom. The zero-order chi connectivity index (χ0) is 17.8. The molecule has 25 heavy (non-hydrogen) atoms. The molecule has 2 aliphatic heterocycles. The first kappa shape index (κ1) is 17.8. The molecule has 1 unspecified atom stereocenters. The molecule has 2 fully saturated rings. The van der Waals surface area contributed by atoms with Crippen molar-refractivity contribution in [3.05, 3.63) is 35.4 Å². The highest BCUT2D eigenvalue weighted by Gasteiger charge is 2.29. The predicted molar refractivity (Wildman–Crippen MR) is 86.1 cm³/mol. The van der Waals surface area contributed by atoms with E-state index in [9.17, 15) is 18.4 Å². The molecule has 136 valence electrons. The maximum Gasteiger partial charge on any atom is 0.259 e. The molecular weight excluding hydrogens is 332 g/mol. The summed E-state index contributed by atoms with van der Waals surface area (Å²) in [6.45, 7) is 3.12. The Hall–Kier alpha value is -2.06. The van der Waals surface area contributed by atoms with Gasteiger partial charge in [0.15, 0.2) is 0 Å². The number of rotatable bonds is 3. The fourth-order valence-corrected chi connectivity index (χ4v) is 3.11. The van der Waals surface area contributed by atoms with Crippen molar-refractivity contribution < 1.29 is 23.1 Å². The van der Waals surface area contributed by atoms with E-state index in [1.54, 1.807) is 4.90 Å². The van der Waals surface area contributed by atoms with Crippen molar-refractivity contribution in [3.8, 4) is 0 Å². The van der Waals surface area contributed by atoms with Crippen molar-refractivity contribution in [3.63, 3.8) is 0 Å². The molecular formula is C17H21F2N3O3. The van der Waals surface area contributed by atoms with Gasteiger partial charge in [-0.25, -0.2) is 8.78 Å². The summed E-state index contributed by atoms with van der Waals surface area (Å²) >= 11 is 0. The second-order valence-corrected chi connectivity index (χ2v) is 6.20. The lowest BCUT2D eigenvalue weighted by atomic mass is 10.1. The van der Waals surface area contributed by atoms with Crippen LogP contribution in [0.15, 0.2) is 18.2 Å². The number of morpholine rings is 1. The van der Waals surface area contributed by atoms with Crippen LogP contribution in [0.4, 0.5) is 8.78 Å². The zero-order valence-electron chi connectivity index (χ0n) is 13.8. The SMILES string of the molecule is O=C(CC1COCCN1)N1CCN(C(=O)c2c(F)cccc2F)CC1. The Bertz CT molecular complexity index is 622. The quantitative estimate of drug-likeness (QED) is 0.866. The largest absolute Gasteiger partial charge is 0.378 e. The van der Waals surface area contributed by atoms with E-state index in [0.29, 0.717) is 32.7 Å². The Balaban J connectivity index is 1.54. The molecule has 3 rings (SSSR count). The molecule has 1 aromatic carbocycles. The average molecular weight is 353 g/mol. The van der Waals surface area contributed by atoms with Crippen LogP contribution in [-0.2, 0) is 9.53 Å². The number of amides is 2. The molecule has 0 saturated carbocycles. The number of ether oxygens (including phenoxy) is 1. The summed E-state index contributed by atoms with van der Waals surface area (Å²) in [6.07, 6.45) is 0.343. The Labute approximate surface area is 144 Å². The summed E-state index contributed by atoms with van der Waals surface area (Å²) in [6, 6.07) is 3.36. The average Bonchev–Trinajstić information content (AvgIpc) is 2.62. The minimum absolute atomic E-state index is 0.00725. The highest BCUT2D eigenvalue weighted by atomic mass is 19.1. The third-order valence-corrected chi connectivity index (χ3v) is 4.52. The van der Waals surface area contributed by atoms with E-state index < -0.39 is 23.1 Å². The minimum atomic E-state index is -0.869. The van der Waals surface area contributed by atoms with Crippen molar-refractivity contribution >= 4 is 11.8 Å². The topological polar surface area (TPSA) is 61.9 Å². The van der Waals surface area contributed by atoms with E-state index in [1.165, 1.54) is 11.0 Å². The number of hydrogen-bond donors (Lipinski definition) is 1. The van der Waals surface area contributed by atoms with Crippen molar-refractivity contribution in [2.75, 3.05) is 45.9 Å². The zero-order valence-corrected chi connectivity index (χ0v) is 13.8. The van der Waals surface area contributed by atoms with Gasteiger partial charge in [-0.1, -0.05) is 6.07 Å². The van der Waals surface area contributed by atoms with Gasteiger partial charge in [-0.2, -0.15) is 0 Å². The predicted octanol–water partition coefficient (Wildman–Crippen LogP) is 0.628. The Morgan fingerprint density at radius 1 is 1.12 bits per heavy atom. The summed E-state index contributed by atoms with van der Waals surface area (Å²) in [5.41, 5.74) is -0.536. The Morgan fingerprint density at radius 2 is 1.76 bits per heavy atom. The molecule has 0 aliphatic carbocycles. The number of hydrogen-bond acceptors (Lipinski definition) is 4. The van der Waals surface area contributed by atoms with Gasteiger partial charge in [-0.15, -0.1) is 0 Å². The van der Waals surface area contributed by atoms with Gasteiger partial charge >= 0.3 is 0 Å². The fourth-order valence-electron chi connectivity index (χ4n) is 3.11. The van der Waals surface area contributed by atoms with Crippen molar-refractivity contribution in [2.24, 2.45) is 0 Å².